The van der Waals surface area contributed by atoms with Crippen molar-refractivity contribution >= 4 is 18.2 Å². The average Bonchev–Trinajstić information content (AvgIpc) is 2.04. The van der Waals surface area contributed by atoms with Crippen molar-refractivity contribution in [2.75, 3.05) is 5.73 Å². The molecule has 0 bridgehead atoms. The van der Waals surface area contributed by atoms with Gasteiger partial charge in [0.25, 0.3) is 0 Å². The van der Waals surface area contributed by atoms with E-state index in [4.69, 9.17) is 5.73 Å². The monoisotopic (exact) mass is 148 g/mol. The number of hydrogen-bond donors (Lipinski definition) is 1. The second kappa shape index (κ2) is 3.51. The van der Waals surface area contributed by atoms with E-state index in [0.29, 0.717) is 5.82 Å². The van der Waals surface area contributed by atoms with Crippen molar-refractivity contribution in [1.29, 1.82) is 0 Å². The second-order valence-electron chi connectivity index (χ2n) is 2.01. The smallest absolute Gasteiger partial charge is 0.142 e. The zero-order chi connectivity index (χ0) is 8.10. The van der Waals surface area contributed by atoms with Crippen LogP contribution >= 0.6 is 0 Å². The first-order valence-corrected chi connectivity index (χ1v) is 3.16. The Kier molecular flexibility index (Phi) is 2.38. The summed E-state index contributed by atoms with van der Waals surface area (Å²) in [6.45, 7) is 0. The lowest BCUT2D eigenvalue weighted by Gasteiger charge is -1.91. The van der Waals surface area contributed by atoms with Crippen LogP contribution < -0.4 is 5.73 Å². The number of carbonyl (C=O) groups is 1. The maximum absolute atomic E-state index is 9.91. The highest BCUT2D eigenvalue weighted by atomic mass is 16.1. The third-order valence-electron chi connectivity index (χ3n) is 1.18. The molecule has 0 aliphatic heterocycles. The van der Waals surface area contributed by atoms with Crippen molar-refractivity contribution in [2.24, 2.45) is 0 Å². The van der Waals surface area contributed by atoms with Gasteiger partial charge in [-0.25, -0.2) is 4.98 Å². The number of hydrogen-bond acceptors (Lipinski definition) is 3. The molecule has 56 valence electrons. The Hall–Kier alpha value is -1.64. The molecular formula is C8H8N2O. The number of nitrogens with zero attached hydrogens (tertiary/aromatic N) is 1. The second-order valence-corrected chi connectivity index (χ2v) is 2.01. The van der Waals surface area contributed by atoms with Gasteiger partial charge in [-0.05, 0) is 23.8 Å². The molecular weight excluding hydrogens is 140 g/mol. The van der Waals surface area contributed by atoms with Crippen LogP contribution in [0.15, 0.2) is 24.4 Å². The van der Waals surface area contributed by atoms with Crippen molar-refractivity contribution in [2.45, 2.75) is 0 Å². The number of nitrogens with two attached hydrogens (primary N) is 1. The van der Waals surface area contributed by atoms with Crippen molar-refractivity contribution in [3.63, 3.8) is 0 Å². The van der Waals surface area contributed by atoms with Gasteiger partial charge in [-0.2, -0.15) is 0 Å². The lowest BCUT2D eigenvalue weighted by molar-refractivity contribution is -0.104. The minimum Gasteiger partial charge on any atom is -0.384 e. The van der Waals surface area contributed by atoms with E-state index in [1.807, 2.05) is 0 Å². The maximum Gasteiger partial charge on any atom is 0.142 e. The fourth-order valence-electron chi connectivity index (χ4n) is 0.666. The quantitative estimate of drug-likeness (QED) is 0.500. The van der Waals surface area contributed by atoms with Gasteiger partial charge < -0.3 is 5.73 Å². The Balaban J connectivity index is 2.81. The van der Waals surface area contributed by atoms with E-state index in [-0.39, 0.29) is 0 Å². The third-order valence-corrected chi connectivity index (χ3v) is 1.18. The van der Waals surface area contributed by atoms with Gasteiger partial charge in [-0.1, -0.05) is 6.08 Å². The van der Waals surface area contributed by atoms with E-state index >= 15 is 0 Å². The molecule has 0 aromatic carbocycles. The van der Waals surface area contributed by atoms with Crippen LogP contribution in [0.1, 0.15) is 5.56 Å². The number of aldehydes is 1. The molecule has 0 atom stereocenters. The summed E-state index contributed by atoms with van der Waals surface area (Å²) in [5.74, 6) is 0.480. The molecule has 0 unspecified atom stereocenters. The highest BCUT2D eigenvalue weighted by molar-refractivity contribution is 5.73. The van der Waals surface area contributed by atoms with Gasteiger partial charge in [0.05, 0.1) is 0 Å². The van der Waals surface area contributed by atoms with E-state index < -0.39 is 0 Å². The fourth-order valence-corrected chi connectivity index (χ4v) is 0.666. The van der Waals surface area contributed by atoms with Gasteiger partial charge >= 0.3 is 0 Å². The molecule has 1 rings (SSSR count). The van der Waals surface area contributed by atoms with Gasteiger partial charge in [0.15, 0.2) is 0 Å². The van der Waals surface area contributed by atoms with Gasteiger partial charge in [0, 0.05) is 6.20 Å². The molecule has 0 spiro atoms. The minimum absolute atomic E-state index is 0.480. The summed E-state index contributed by atoms with van der Waals surface area (Å²) in [4.78, 5) is 13.8. The summed E-state index contributed by atoms with van der Waals surface area (Å²) < 4.78 is 0. The molecule has 0 radical (unpaired) electrons. The predicted octanol–water partition coefficient (Wildman–Crippen LogP) is 0.876. The van der Waals surface area contributed by atoms with Gasteiger partial charge in [0.1, 0.15) is 12.1 Å². The molecule has 0 fully saturated rings. The Morgan fingerprint density at radius 2 is 2.27 bits per heavy atom. The van der Waals surface area contributed by atoms with Crippen LogP contribution in [-0.4, -0.2) is 11.3 Å². The topological polar surface area (TPSA) is 56.0 Å². The first-order valence-electron chi connectivity index (χ1n) is 3.16. The highest BCUT2D eigenvalue weighted by Crippen LogP contribution is 2.02. The van der Waals surface area contributed by atoms with Crippen LogP contribution in [0.25, 0.3) is 6.08 Å². The number of anilines is 1. The molecule has 11 heavy (non-hydrogen) atoms. The number of pyridine rings is 1. The largest absolute Gasteiger partial charge is 0.384 e. The summed E-state index contributed by atoms with van der Waals surface area (Å²) in [7, 11) is 0. The molecule has 0 saturated heterocycles. The zero-order valence-electron chi connectivity index (χ0n) is 5.90. The van der Waals surface area contributed by atoms with E-state index in [2.05, 4.69) is 4.98 Å². The number of nitrogen functional groups attached to an aromatic ring is 1. The van der Waals surface area contributed by atoms with Gasteiger partial charge in [0.2, 0.25) is 0 Å². The average molecular weight is 148 g/mol. The molecule has 3 heteroatoms. The van der Waals surface area contributed by atoms with Crippen LogP contribution in [0.5, 0.6) is 0 Å². The number of rotatable bonds is 2. The Morgan fingerprint density at radius 1 is 1.45 bits per heavy atom. The van der Waals surface area contributed by atoms with Crippen molar-refractivity contribution in [1.82, 2.24) is 4.98 Å². The molecule has 0 aliphatic carbocycles. The van der Waals surface area contributed by atoms with Crippen molar-refractivity contribution in [3.8, 4) is 0 Å². The van der Waals surface area contributed by atoms with E-state index in [1.165, 1.54) is 6.08 Å². The summed E-state index contributed by atoms with van der Waals surface area (Å²) in [6, 6.07) is 3.48. The molecule has 1 aromatic heterocycles. The van der Waals surface area contributed by atoms with Crippen LogP contribution in [-0.2, 0) is 4.79 Å². The molecule has 1 aromatic rings. The summed E-state index contributed by atoms with van der Waals surface area (Å²) in [6.07, 6.45) is 5.40. The van der Waals surface area contributed by atoms with Crippen LogP contribution in [0, 0.1) is 0 Å². The van der Waals surface area contributed by atoms with Crippen LogP contribution in [0.3, 0.4) is 0 Å². The molecule has 0 aliphatic rings. The lowest BCUT2D eigenvalue weighted by atomic mass is 10.2. The van der Waals surface area contributed by atoms with Gasteiger partial charge in [-0.3, -0.25) is 4.79 Å². The lowest BCUT2D eigenvalue weighted by Crippen LogP contribution is -1.87. The van der Waals surface area contributed by atoms with E-state index in [9.17, 15) is 4.79 Å². The fraction of sp³-hybridized carbons (Fsp3) is 0. The number of aromatic nitrogens is 1. The molecule has 0 amide bonds. The van der Waals surface area contributed by atoms with Crippen LogP contribution in [0.2, 0.25) is 0 Å². The summed E-state index contributed by atoms with van der Waals surface area (Å²) >= 11 is 0. The molecule has 3 nitrogen and oxygen atoms in total. The molecule has 2 N–H and O–H groups in total. The predicted molar refractivity (Wildman–Crippen MR) is 43.7 cm³/mol. The van der Waals surface area contributed by atoms with Gasteiger partial charge in [-0.15, -0.1) is 0 Å². The number of carbonyl (C=O) groups excluding carboxylic acids is 1. The van der Waals surface area contributed by atoms with Crippen molar-refractivity contribution in [3.05, 3.63) is 30.0 Å². The highest BCUT2D eigenvalue weighted by Gasteiger charge is 1.85. The summed E-state index contributed by atoms with van der Waals surface area (Å²) in [5.41, 5.74) is 6.22. The normalized spacial score (nSPS) is 10.2. The maximum atomic E-state index is 9.91. The Labute approximate surface area is 64.6 Å². The first kappa shape index (κ1) is 7.47. The minimum atomic E-state index is 0.480. The SMILES string of the molecule is Nc1ccc(C=CC=O)cn1. The summed E-state index contributed by atoms with van der Waals surface area (Å²) in [5, 5.41) is 0. The van der Waals surface area contributed by atoms with Crippen molar-refractivity contribution < 1.29 is 4.79 Å². The standard InChI is InChI=1S/C8H8N2O/c9-8-4-3-7(6-10-8)2-1-5-11/h1-6H,(H2,9,10). The van der Waals surface area contributed by atoms with E-state index in [1.54, 1.807) is 24.4 Å². The third kappa shape index (κ3) is 2.21. The van der Waals surface area contributed by atoms with Crippen LogP contribution in [0.4, 0.5) is 5.82 Å². The molecule has 0 saturated carbocycles. The Morgan fingerprint density at radius 3 is 2.82 bits per heavy atom. The van der Waals surface area contributed by atoms with E-state index in [0.717, 1.165) is 11.8 Å². The first-order chi connectivity index (χ1) is 5.33. The number of allylic oxidation sites excluding steroid dienone is 1. The molecule has 1 heterocycles. The zero-order valence-corrected chi connectivity index (χ0v) is 5.90. The Bertz CT molecular complexity index is 264.